The van der Waals surface area contributed by atoms with Crippen LogP contribution in [0.5, 0.6) is 5.75 Å². The van der Waals surface area contributed by atoms with E-state index in [2.05, 4.69) is 52.3 Å². The molecule has 0 bridgehead atoms. The van der Waals surface area contributed by atoms with Crippen molar-refractivity contribution >= 4 is 33.3 Å². The molecule has 0 aliphatic carbocycles. The molecule has 0 spiro atoms. The molecule has 33 heavy (non-hydrogen) atoms. The van der Waals surface area contributed by atoms with Crippen LogP contribution in [-0.2, 0) is 6.54 Å². The third-order valence-electron chi connectivity index (χ3n) is 4.55. The number of halogens is 2. The average Bonchev–Trinajstić information content (AvgIpc) is 3.50. The molecule has 13 heteroatoms. The van der Waals surface area contributed by atoms with Gasteiger partial charge in [0.05, 0.1) is 24.3 Å². The highest BCUT2D eigenvalue weighted by molar-refractivity contribution is 9.10. The molecule has 0 fully saturated rings. The van der Waals surface area contributed by atoms with E-state index in [9.17, 15) is 9.60 Å². The predicted molar refractivity (Wildman–Crippen MR) is 121 cm³/mol. The number of ether oxygens (including phenoxy) is 1. The first-order chi connectivity index (χ1) is 16.1. The summed E-state index contributed by atoms with van der Waals surface area (Å²) < 4.78 is 25.3. The normalized spacial score (nSPS) is 11.4. The first-order valence-electron chi connectivity index (χ1n) is 9.63. The summed E-state index contributed by atoms with van der Waals surface area (Å²) in [7, 11) is 1.61. The molecule has 2 heterocycles. The van der Waals surface area contributed by atoms with Gasteiger partial charge in [0, 0.05) is 17.8 Å². The van der Waals surface area contributed by atoms with E-state index in [0.29, 0.717) is 18.8 Å². The van der Waals surface area contributed by atoms with E-state index < -0.39 is 5.82 Å². The third-order valence-corrected chi connectivity index (χ3v) is 5.16. The maximum Gasteiger partial charge on any atom is 0.203 e. The van der Waals surface area contributed by atoms with Crippen LogP contribution in [-0.4, -0.2) is 50.0 Å². The maximum absolute atomic E-state index is 13.4. The summed E-state index contributed by atoms with van der Waals surface area (Å²) in [5, 5.41) is 34.4. The zero-order valence-electron chi connectivity index (χ0n) is 17.2. The lowest BCUT2D eigenvalue weighted by atomic mass is 10.2. The molecule has 0 amide bonds. The number of anilines is 2. The predicted octanol–water partition coefficient (Wildman–Crippen LogP) is 3.60. The summed E-state index contributed by atoms with van der Waals surface area (Å²) in [6, 6.07) is 11.8. The first-order valence-corrected chi connectivity index (χ1v) is 10.4. The number of benzene rings is 2. The van der Waals surface area contributed by atoms with Crippen LogP contribution in [0.25, 0.3) is 11.3 Å². The van der Waals surface area contributed by atoms with Crippen molar-refractivity contribution in [2.45, 2.75) is 6.54 Å². The molecular weight excluding hydrogens is 499 g/mol. The van der Waals surface area contributed by atoms with Crippen LogP contribution in [0.2, 0.25) is 0 Å². The molecule has 2 aromatic heterocycles. The highest BCUT2D eigenvalue weighted by atomic mass is 79.9. The number of amidine groups is 1. The van der Waals surface area contributed by atoms with E-state index >= 15 is 0 Å². The van der Waals surface area contributed by atoms with Crippen LogP contribution >= 0.6 is 15.9 Å². The molecule has 0 aliphatic rings. The van der Waals surface area contributed by atoms with E-state index in [1.807, 2.05) is 30.5 Å². The molecule has 4 aromatic rings. The lowest BCUT2D eigenvalue weighted by Gasteiger charge is -2.08. The largest absolute Gasteiger partial charge is 0.497 e. The van der Waals surface area contributed by atoms with E-state index in [1.54, 1.807) is 11.8 Å². The molecule has 0 unspecified atom stereocenters. The van der Waals surface area contributed by atoms with Gasteiger partial charge < -0.3 is 20.6 Å². The number of nitrogens with one attached hydrogen (secondary N) is 2. The van der Waals surface area contributed by atoms with Gasteiger partial charge in [0.15, 0.2) is 5.69 Å². The molecule has 0 radical (unpaired) electrons. The van der Waals surface area contributed by atoms with E-state index in [1.165, 1.54) is 18.2 Å². The fraction of sp³-hybridized carbons (Fsp3) is 0.150. The minimum absolute atomic E-state index is 0.0280. The van der Waals surface area contributed by atoms with Gasteiger partial charge in [-0.3, -0.25) is 4.68 Å². The Morgan fingerprint density at radius 3 is 2.79 bits per heavy atom. The molecule has 3 N–H and O–H groups in total. The van der Waals surface area contributed by atoms with Gasteiger partial charge in [-0.1, -0.05) is 10.4 Å². The molecule has 4 rings (SSSR count). The molecule has 0 saturated carbocycles. The van der Waals surface area contributed by atoms with Crippen LogP contribution in [0.3, 0.4) is 0 Å². The van der Waals surface area contributed by atoms with Crippen LogP contribution in [0.15, 0.2) is 62.9 Å². The molecule has 11 nitrogen and oxygen atoms in total. The summed E-state index contributed by atoms with van der Waals surface area (Å²) in [6.07, 6.45) is 1.82. The fourth-order valence-corrected chi connectivity index (χ4v) is 3.27. The van der Waals surface area contributed by atoms with Gasteiger partial charge in [-0.25, -0.2) is 9.02 Å². The Hall–Kier alpha value is -4.00. The Morgan fingerprint density at radius 1 is 1.24 bits per heavy atom. The zero-order valence-corrected chi connectivity index (χ0v) is 18.8. The maximum atomic E-state index is 13.4. The van der Waals surface area contributed by atoms with Gasteiger partial charge in [0.2, 0.25) is 11.7 Å². The molecular formula is C20H18BrFN8O3. The topological polar surface area (TPSA) is 136 Å². The molecule has 0 aliphatic heterocycles. The van der Waals surface area contributed by atoms with Crippen LogP contribution in [0.4, 0.5) is 15.9 Å². The smallest absolute Gasteiger partial charge is 0.203 e. The Morgan fingerprint density at radius 2 is 2.06 bits per heavy atom. The van der Waals surface area contributed by atoms with Gasteiger partial charge in [-0.05, 0) is 68.7 Å². The highest BCUT2D eigenvalue weighted by Crippen LogP contribution is 2.22. The summed E-state index contributed by atoms with van der Waals surface area (Å²) in [5.74, 6) is 0.572. The minimum Gasteiger partial charge on any atom is -0.497 e. The van der Waals surface area contributed by atoms with Crippen LogP contribution in [0, 0.1) is 5.82 Å². The average molecular weight is 517 g/mol. The second kappa shape index (κ2) is 10.1. The van der Waals surface area contributed by atoms with Crippen molar-refractivity contribution in [3.05, 3.63) is 64.6 Å². The zero-order chi connectivity index (χ0) is 23.2. The van der Waals surface area contributed by atoms with E-state index in [0.717, 1.165) is 17.0 Å². The standard InChI is InChI=1S/C20H18BrFN8O3/c1-32-14-5-2-12(3-6-14)17-11-30(29-25-17)9-8-23-19-18(27-33-28-19)20(26-31)24-13-4-7-16(22)15(21)10-13/h2-7,10-11,31H,8-9H2,1H3,(H,23,28)(H,24,26). The van der Waals surface area contributed by atoms with Crippen molar-refractivity contribution in [3.63, 3.8) is 0 Å². The Bertz CT molecular complexity index is 1260. The number of aromatic nitrogens is 5. The van der Waals surface area contributed by atoms with Gasteiger partial charge in [-0.2, -0.15) is 0 Å². The van der Waals surface area contributed by atoms with Crippen LogP contribution < -0.4 is 15.4 Å². The Labute approximate surface area is 195 Å². The van der Waals surface area contributed by atoms with Crippen molar-refractivity contribution in [1.82, 2.24) is 25.3 Å². The Balaban J connectivity index is 1.37. The number of rotatable bonds is 8. The van der Waals surface area contributed by atoms with Gasteiger partial charge in [-0.15, -0.1) is 5.10 Å². The molecule has 0 atom stereocenters. The van der Waals surface area contributed by atoms with E-state index in [-0.39, 0.29) is 21.8 Å². The summed E-state index contributed by atoms with van der Waals surface area (Å²) in [5.41, 5.74) is 2.26. The number of hydrogen-bond donors (Lipinski definition) is 3. The molecule has 0 saturated heterocycles. The number of methoxy groups -OCH3 is 1. The van der Waals surface area contributed by atoms with Crippen molar-refractivity contribution in [1.29, 1.82) is 0 Å². The SMILES string of the molecule is COc1ccc(-c2cn(CCNc3nonc3C(=NO)Nc3ccc(F)c(Br)c3)nn2)cc1. The fourth-order valence-electron chi connectivity index (χ4n) is 2.89. The van der Waals surface area contributed by atoms with Crippen molar-refractivity contribution in [2.75, 3.05) is 24.3 Å². The minimum atomic E-state index is -0.420. The van der Waals surface area contributed by atoms with E-state index in [4.69, 9.17) is 9.37 Å². The number of oxime groups is 1. The lowest BCUT2D eigenvalue weighted by Crippen LogP contribution is -2.18. The second-order valence-corrected chi connectivity index (χ2v) is 7.54. The number of nitrogens with zero attached hydrogens (tertiary/aromatic N) is 6. The van der Waals surface area contributed by atoms with Crippen molar-refractivity contribution < 1.29 is 19.0 Å². The quantitative estimate of drug-likeness (QED) is 0.139. The Kier molecular flexibility index (Phi) is 6.78. The summed E-state index contributed by atoms with van der Waals surface area (Å²) in [4.78, 5) is 0. The summed E-state index contributed by atoms with van der Waals surface area (Å²) in [6.45, 7) is 0.882. The molecule has 2 aromatic carbocycles. The third kappa shape index (κ3) is 5.26. The lowest BCUT2D eigenvalue weighted by molar-refractivity contribution is 0.305. The van der Waals surface area contributed by atoms with Gasteiger partial charge >= 0.3 is 0 Å². The van der Waals surface area contributed by atoms with Gasteiger partial charge in [0.1, 0.15) is 17.3 Å². The molecule has 170 valence electrons. The monoisotopic (exact) mass is 516 g/mol. The first kappa shape index (κ1) is 22.2. The van der Waals surface area contributed by atoms with Crippen LogP contribution in [0.1, 0.15) is 5.69 Å². The van der Waals surface area contributed by atoms with Crippen molar-refractivity contribution in [2.24, 2.45) is 5.16 Å². The van der Waals surface area contributed by atoms with Gasteiger partial charge in [0.25, 0.3) is 0 Å². The highest BCUT2D eigenvalue weighted by Gasteiger charge is 2.18. The number of hydrogen-bond acceptors (Lipinski definition) is 9. The second-order valence-electron chi connectivity index (χ2n) is 6.69. The summed E-state index contributed by atoms with van der Waals surface area (Å²) >= 11 is 3.11. The van der Waals surface area contributed by atoms with Crippen molar-refractivity contribution in [3.8, 4) is 17.0 Å².